The minimum absolute atomic E-state index is 0.0868. The van der Waals surface area contributed by atoms with Gasteiger partial charge in [-0.25, -0.2) is 9.59 Å². The van der Waals surface area contributed by atoms with Crippen LogP contribution < -0.4 is 0 Å². The molecule has 5 aliphatic rings. The fraction of sp³-hybridized carbons (Fsp3) is 0.824. The number of rotatable bonds is 5. The molecular formula is C34H50O7. The number of ketones is 2. The van der Waals surface area contributed by atoms with Crippen LogP contribution in [-0.2, 0) is 33.4 Å². The number of ether oxygens (including phenoxy) is 3. The Labute approximate surface area is 245 Å². The number of Topliss-reactive ketones (excluding diaryl/α,β-unsaturated/α-hetero) is 1. The molecular weight excluding hydrogens is 520 g/mol. The van der Waals surface area contributed by atoms with Crippen LogP contribution in [0.25, 0.3) is 0 Å². The van der Waals surface area contributed by atoms with Crippen LogP contribution in [-0.4, -0.2) is 49.9 Å². The Kier molecular flexibility index (Phi) is 7.65. The highest BCUT2D eigenvalue weighted by molar-refractivity contribution is 5.98. The van der Waals surface area contributed by atoms with Gasteiger partial charge in [-0.15, -0.1) is 0 Å². The molecule has 0 N–H and O–H groups in total. The highest BCUT2D eigenvalue weighted by atomic mass is 16.6. The van der Waals surface area contributed by atoms with Crippen LogP contribution in [0, 0.1) is 51.2 Å². The van der Waals surface area contributed by atoms with Gasteiger partial charge in [0.25, 0.3) is 6.10 Å². The molecule has 9 atom stereocenters. The number of methoxy groups -OCH3 is 2. The van der Waals surface area contributed by atoms with Crippen molar-refractivity contribution in [2.75, 3.05) is 14.2 Å². The third-order valence-corrected chi connectivity index (χ3v) is 13.1. The van der Waals surface area contributed by atoms with Crippen molar-refractivity contribution in [3.05, 3.63) is 11.6 Å². The van der Waals surface area contributed by atoms with Gasteiger partial charge in [-0.3, -0.25) is 9.59 Å². The summed E-state index contributed by atoms with van der Waals surface area (Å²) in [6.07, 6.45) is 8.82. The van der Waals surface area contributed by atoms with Crippen molar-refractivity contribution < 1.29 is 33.4 Å². The quantitative estimate of drug-likeness (QED) is 0.301. The van der Waals surface area contributed by atoms with Crippen molar-refractivity contribution in [2.24, 2.45) is 51.2 Å². The molecule has 41 heavy (non-hydrogen) atoms. The number of hydrogen-bond donors (Lipinski definition) is 0. The van der Waals surface area contributed by atoms with Gasteiger partial charge in [-0.2, -0.15) is 0 Å². The monoisotopic (exact) mass is 570 g/mol. The Hall–Kier alpha value is -2.02. The van der Waals surface area contributed by atoms with Gasteiger partial charge < -0.3 is 14.2 Å². The molecule has 7 nitrogen and oxygen atoms in total. The van der Waals surface area contributed by atoms with Crippen molar-refractivity contribution in [3.8, 4) is 0 Å². The van der Waals surface area contributed by atoms with Gasteiger partial charge in [0.2, 0.25) is 0 Å². The fourth-order valence-corrected chi connectivity index (χ4v) is 10.9. The second kappa shape index (κ2) is 10.3. The molecule has 9 unspecified atom stereocenters. The minimum Gasteiger partial charge on any atom is -0.467 e. The smallest absolute Gasteiger partial charge is 0.346 e. The van der Waals surface area contributed by atoms with Gasteiger partial charge in [0.05, 0.1) is 20.3 Å². The number of carbonyl (C=O) groups excluding carboxylic acids is 4. The molecule has 5 aliphatic carbocycles. The molecule has 0 aromatic heterocycles. The molecule has 0 amide bonds. The number of hydrogen-bond acceptors (Lipinski definition) is 7. The van der Waals surface area contributed by atoms with Crippen LogP contribution >= 0.6 is 0 Å². The van der Waals surface area contributed by atoms with Gasteiger partial charge >= 0.3 is 11.9 Å². The molecule has 0 aliphatic heterocycles. The van der Waals surface area contributed by atoms with Crippen LogP contribution in [0.2, 0.25) is 0 Å². The van der Waals surface area contributed by atoms with Crippen LogP contribution in [0.15, 0.2) is 11.6 Å². The summed E-state index contributed by atoms with van der Waals surface area (Å²) in [5.74, 6) is -0.0702. The van der Waals surface area contributed by atoms with E-state index < -0.39 is 18.0 Å². The third-order valence-electron chi connectivity index (χ3n) is 13.1. The molecule has 4 saturated carbocycles. The third kappa shape index (κ3) is 4.55. The van der Waals surface area contributed by atoms with Crippen LogP contribution in [0.3, 0.4) is 0 Å². The maximum atomic E-state index is 14.4. The summed E-state index contributed by atoms with van der Waals surface area (Å²) in [4.78, 5) is 51.6. The molecule has 0 bridgehead atoms. The van der Waals surface area contributed by atoms with Crippen molar-refractivity contribution >= 4 is 23.5 Å². The number of allylic oxidation sites excluding steroid dienone is 2. The average Bonchev–Trinajstić information content (AvgIpc) is 2.90. The molecule has 4 fully saturated rings. The minimum atomic E-state index is -1.42. The lowest BCUT2D eigenvalue weighted by Crippen LogP contribution is -2.64. The first kappa shape index (κ1) is 30.4. The topological polar surface area (TPSA) is 96.0 Å². The zero-order valence-electron chi connectivity index (χ0n) is 26.3. The van der Waals surface area contributed by atoms with Gasteiger partial charge in [0, 0.05) is 11.8 Å². The summed E-state index contributed by atoms with van der Waals surface area (Å²) in [5.41, 5.74) is 0.789. The summed E-state index contributed by atoms with van der Waals surface area (Å²) in [6, 6.07) is 0. The predicted octanol–water partition coefficient (Wildman–Crippen LogP) is 5.88. The van der Waals surface area contributed by atoms with Gasteiger partial charge in [0.1, 0.15) is 5.78 Å². The van der Waals surface area contributed by atoms with E-state index in [9.17, 15) is 19.2 Å². The summed E-state index contributed by atoms with van der Waals surface area (Å²) in [5, 5.41) is 0. The van der Waals surface area contributed by atoms with Crippen LogP contribution in [0.1, 0.15) is 99.3 Å². The first-order valence-electron chi connectivity index (χ1n) is 15.7. The maximum absolute atomic E-state index is 14.4. The molecule has 0 radical (unpaired) electrons. The summed E-state index contributed by atoms with van der Waals surface area (Å²) < 4.78 is 15.9. The van der Waals surface area contributed by atoms with E-state index in [0.717, 1.165) is 51.4 Å². The Morgan fingerprint density at radius 2 is 1.44 bits per heavy atom. The van der Waals surface area contributed by atoms with Crippen LogP contribution in [0.5, 0.6) is 0 Å². The Balaban J connectivity index is 1.46. The van der Waals surface area contributed by atoms with E-state index in [2.05, 4.69) is 34.6 Å². The Bertz CT molecular complexity index is 1140. The van der Waals surface area contributed by atoms with E-state index in [1.807, 2.05) is 6.08 Å². The van der Waals surface area contributed by atoms with Gasteiger partial charge in [-0.05, 0) is 110 Å². The number of fused-ring (bicyclic) bond motifs is 7. The second-order valence-electron chi connectivity index (χ2n) is 15.4. The zero-order valence-corrected chi connectivity index (χ0v) is 26.3. The van der Waals surface area contributed by atoms with Gasteiger partial charge in [0.15, 0.2) is 5.78 Å². The highest BCUT2D eigenvalue weighted by Gasteiger charge is 2.67. The van der Waals surface area contributed by atoms with Crippen molar-refractivity contribution in [1.29, 1.82) is 0 Å². The van der Waals surface area contributed by atoms with E-state index in [1.165, 1.54) is 19.8 Å². The van der Waals surface area contributed by atoms with E-state index in [4.69, 9.17) is 14.2 Å². The molecule has 0 heterocycles. The number of esters is 2. The lowest BCUT2D eigenvalue weighted by atomic mass is 9.37. The zero-order chi connectivity index (χ0) is 30.1. The largest absolute Gasteiger partial charge is 0.467 e. The van der Waals surface area contributed by atoms with E-state index >= 15 is 0 Å². The van der Waals surface area contributed by atoms with E-state index in [1.54, 1.807) is 6.92 Å². The van der Waals surface area contributed by atoms with Gasteiger partial charge in [-0.1, -0.05) is 40.2 Å². The summed E-state index contributed by atoms with van der Waals surface area (Å²) in [6.45, 7) is 13.1. The average molecular weight is 571 g/mol. The summed E-state index contributed by atoms with van der Waals surface area (Å²) in [7, 11) is 2.48. The number of carbonyl (C=O) groups is 4. The van der Waals surface area contributed by atoms with Crippen molar-refractivity contribution in [1.82, 2.24) is 0 Å². The first-order valence-corrected chi connectivity index (χ1v) is 15.7. The standard InChI is InChI=1S/C34H50O7/c1-19(35)20-9-13-32(4)14-10-22-21(23(32)17-20)18-24(36)28-33(22,5)15-11-25-31(2,3)26(12-16-34(25,28)6)41-27(29(37)39-7)30(38)40-8/h18,20,22-23,25-28H,9-17H2,1-8H3. The molecule has 228 valence electrons. The SMILES string of the molecule is COC(=O)C(OC1CCC2(C)C(CCC3(C)C4CCC5(C)CCC(C(C)=O)CC5C4=CC(=O)C32)C1(C)C)C(=O)OC. The Morgan fingerprint density at radius 3 is 2.05 bits per heavy atom. The molecule has 5 rings (SSSR count). The second-order valence-corrected chi connectivity index (χ2v) is 15.4. The molecule has 0 saturated heterocycles. The predicted molar refractivity (Wildman–Crippen MR) is 154 cm³/mol. The maximum Gasteiger partial charge on any atom is 0.346 e. The first-order chi connectivity index (χ1) is 19.1. The normalized spacial score (nSPS) is 43.0. The van der Waals surface area contributed by atoms with E-state index in [-0.39, 0.29) is 57.1 Å². The van der Waals surface area contributed by atoms with Crippen LogP contribution in [0.4, 0.5) is 0 Å². The fourth-order valence-electron chi connectivity index (χ4n) is 10.9. The Morgan fingerprint density at radius 1 is 0.829 bits per heavy atom. The van der Waals surface area contributed by atoms with Crippen molar-refractivity contribution in [2.45, 2.75) is 112 Å². The lowest BCUT2D eigenvalue weighted by molar-refractivity contribution is -0.213. The summed E-state index contributed by atoms with van der Waals surface area (Å²) >= 11 is 0. The van der Waals surface area contributed by atoms with Crippen molar-refractivity contribution in [3.63, 3.8) is 0 Å². The van der Waals surface area contributed by atoms with E-state index in [0.29, 0.717) is 18.3 Å². The lowest BCUT2D eigenvalue weighted by Gasteiger charge is -2.67. The molecule has 0 aromatic carbocycles. The highest BCUT2D eigenvalue weighted by Crippen LogP contribution is 2.71. The molecule has 0 aromatic rings. The molecule has 7 heteroatoms. The molecule has 0 spiro atoms.